The Kier molecular flexibility index (Phi) is 5.69. The standard InChI is InChI=1S/C22H32N2O2/c1-13(2)20(24-21(25)18-8-6-5-7-14(18)3)22(26)23-15(4)19-12-16-9-10-17(19)11-16/h5-8,13,15-17,19-20H,9-12H2,1-4H3,(H,23,26)(H,24,25). The van der Waals surface area contributed by atoms with Gasteiger partial charge in [0.2, 0.25) is 5.91 Å². The Balaban J connectivity index is 1.62. The molecule has 2 saturated carbocycles. The monoisotopic (exact) mass is 356 g/mol. The van der Waals surface area contributed by atoms with Crippen molar-refractivity contribution in [1.29, 1.82) is 0 Å². The third kappa shape index (κ3) is 3.94. The number of hydrogen-bond acceptors (Lipinski definition) is 2. The lowest BCUT2D eigenvalue weighted by Gasteiger charge is -2.31. The van der Waals surface area contributed by atoms with Gasteiger partial charge >= 0.3 is 0 Å². The number of amides is 2. The molecule has 1 aromatic rings. The molecule has 5 atom stereocenters. The molecule has 2 fully saturated rings. The highest BCUT2D eigenvalue weighted by Crippen LogP contribution is 2.49. The summed E-state index contributed by atoms with van der Waals surface area (Å²) in [5, 5.41) is 6.16. The van der Waals surface area contributed by atoms with E-state index in [1.54, 1.807) is 6.07 Å². The fraction of sp³-hybridized carbons (Fsp3) is 0.636. The molecule has 0 spiro atoms. The Morgan fingerprint density at radius 3 is 2.35 bits per heavy atom. The van der Waals surface area contributed by atoms with E-state index in [-0.39, 0.29) is 23.8 Å². The minimum absolute atomic E-state index is 0.0372. The molecule has 0 aliphatic heterocycles. The minimum atomic E-state index is -0.511. The van der Waals surface area contributed by atoms with E-state index in [1.807, 2.05) is 39.0 Å². The van der Waals surface area contributed by atoms with Crippen molar-refractivity contribution in [3.8, 4) is 0 Å². The van der Waals surface area contributed by atoms with Gasteiger partial charge in [-0.1, -0.05) is 38.5 Å². The van der Waals surface area contributed by atoms with Crippen LogP contribution in [-0.2, 0) is 4.79 Å². The molecule has 4 heteroatoms. The lowest BCUT2D eigenvalue weighted by Crippen LogP contribution is -2.53. The van der Waals surface area contributed by atoms with Gasteiger partial charge in [0, 0.05) is 11.6 Å². The lowest BCUT2D eigenvalue weighted by molar-refractivity contribution is -0.125. The quantitative estimate of drug-likeness (QED) is 0.817. The number of carbonyl (C=O) groups excluding carboxylic acids is 2. The van der Waals surface area contributed by atoms with E-state index in [1.165, 1.54) is 25.7 Å². The van der Waals surface area contributed by atoms with Gasteiger partial charge in [-0.15, -0.1) is 0 Å². The second-order valence-electron chi connectivity index (χ2n) is 8.65. The highest BCUT2D eigenvalue weighted by Gasteiger charge is 2.42. The van der Waals surface area contributed by atoms with Gasteiger partial charge in [0.1, 0.15) is 6.04 Å². The highest BCUT2D eigenvalue weighted by atomic mass is 16.2. The molecule has 0 aromatic heterocycles. The first-order valence-corrected chi connectivity index (χ1v) is 10.0. The van der Waals surface area contributed by atoms with E-state index in [0.717, 1.165) is 17.4 Å². The van der Waals surface area contributed by atoms with Crippen LogP contribution in [0.1, 0.15) is 62.4 Å². The van der Waals surface area contributed by atoms with Crippen molar-refractivity contribution in [2.24, 2.45) is 23.7 Å². The van der Waals surface area contributed by atoms with E-state index in [9.17, 15) is 9.59 Å². The van der Waals surface area contributed by atoms with Crippen LogP contribution in [0, 0.1) is 30.6 Å². The molecule has 1 aromatic carbocycles. The Morgan fingerprint density at radius 2 is 1.77 bits per heavy atom. The van der Waals surface area contributed by atoms with Gasteiger partial charge in [-0.2, -0.15) is 0 Å². The van der Waals surface area contributed by atoms with Gasteiger partial charge in [-0.3, -0.25) is 9.59 Å². The van der Waals surface area contributed by atoms with E-state index in [4.69, 9.17) is 0 Å². The summed E-state index contributed by atoms with van der Waals surface area (Å²) in [5.41, 5.74) is 1.55. The maximum Gasteiger partial charge on any atom is 0.252 e. The first-order valence-electron chi connectivity index (χ1n) is 10.0. The van der Waals surface area contributed by atoms with Crippen LogP contribution in [0.25, 0.3) is 0 Å². The molecule has 5 unspecified atom stereocenters. The van der Waals surface area contributed by atoms with Crippen LogP contribution in [-0.4, -0.2) is 23.9 Å². The Morgan fingerprint density at radius 1 is 1.04 bits per heavy atom. The van der Waals surface area contributed by atoms with Crippen LogP contribution in [0.4, 0.5) is 0 Å². The van der Waals surface area contributed by atoms with Gasteiger partial charge in [-0.05, 0) is 68.4 Å². The first kappa shape index (κ1) is 18.9. The fourth-order valence-electron chi connectivity index (χ4n) is 4.91. The van der Waals surface area contributed by atoms with Crippen molar-refractivity contribution in [2.75, 3.05) is 0 Å². The molecule has 0 saturated heterocycles. The summed E-state index contributed by atoms with van der Waals surface area (Å²) < 4.78 is 0. The predicted octanol–water partition coefficient (Wildman–Crippen LogP) is 3.69. The van der Waals surface area contributed by atoms with Gasteiger partial charge in [0.05, 0.1) is 0 Å². The van der Waals surface area contributed by atoms with Gasteiger partial charge in [0.25, 0.3) is 5.91 Å². The number of benzene rings is 1. The molecule has 2 bridgehead atoms. The Labute approximate surface area is 157 Å². The Hall–Kier alpha value is -1.84. The van der Waals surface area contributed by atoms with Crippen LogP contribution in [0.5, 0.6) is 0 Å². The molecular weight excluding hydrogens is 324 g/mol. The van der Waals surface area contributed by atoms with Crippen LogP contribution in [0.3, 0.4) is 0 Å². The molecule has 3 rings (SSSR count). The average molecular weight is 357 g/mol. The lowest BCUT2D eigenvalue weighted by atomic mass is 9.84. The number of aryl methyl sites for hydroxylation is 1. The highest BCUT2D eigenvalue weighted by molar-refractivity contribution is 5.98. The number of rotatable bonds is 6. The van der Waals surface area contributed by atoms with E-state index >= 15 is 0 Å². The number of fused-ring (bicyclic) bond motifs is 2. The number of hydrogen-bond donors (Lipinski definition) is 2. The van der Waals surface area contributed by atoms with Crippen molar-refractivity contribution in [1.82, 2.24) is 10.6 Å². The predicted molar refractivity (Wildman–Crippen MR) is 104 cm³/mol. The van der Waals surface area contributed by atoms with E-state index in [2.05, 4.69) is 17.6 Å². The molecule has 26 heavy (non-hydrogen) atoms. The number of nitrogens with one attached hydrogen (secondary N) is 2. The van der Waals surface area contributed by atoms with Crippen molar-refractivity contribution in [2.45, 2.75) is 65.5 Å². The zero-order chi connectivity index (χ0) is 18.8. The van der Waals surface area contributed by atoms with Crippen LogP contribution in [0.2, 0.25) is 0 Å². The van der Waals surface area contributed by atoms with E-state index in [0.29, 0.717) is 11.5 Å². The molecule has 2 N–H and O–H groups in total. The zero-order valence-electron chi connectivity index (χ0n) is 16.4. The first-order chi connectivity index (χ1) is 12.4. The second-order valence-corrected chi connectivity index (χ2v) is 8.65. The second kappa shape index (κ2) is 7.81. The summed E-state index contributed by atoms with van der Waals surface area (Å²) in [6.45, 7) is 8.00. The van der Waals surface area contributed by atoms with E-state index < -0.39 is 6.04 Å². The largest absolute Gasteiger partial charge is 0.352 e. The van der Waals surface area contributed by atoms with Gasteiger partial charge < -0.3 is 10.6 Å². The molecular formula is C22H32N2O2. The maximum atomic E-state index is 12.9. The summed E-state index contributed by atoms with van der Waals surface area (Å²) in [6.07, 6.45) is 5.26. The smallest absolute Gasteiger partial charge is 0.252 e. The van der Waals surface area contributed by atoms with Crippen LogP contribution in [0.15, 0.2) is 24.3 Å². The molecule has 2 amide bonds. The molecule has 4 nitrogen and oxygen atoms in total. The van der Waals surface area contributed by atoms with Gasteiger partial charge in [-0.25, -0.2) is 0 Å². The fourth-order valence-corrected chi connectivity index (χ4v) is 4.91. The zero-order valence-corrected chi connectivity index (χ0v) is 16.4. The summed E-state index contributed by atoms with van der Waals surface area (Å²) in [4.78, 5) is 25.5. The summed E-state index contributed by atoms with van der Waals surface area (Å²) in [5.74, 6) is 2.04. The third-order valence-electron chi connectivity index (χ3n) is 6.43. The average Bonchev–Trinajstić information content (AvgIpc) is 3.22. The van der Waals surface area contributed by atoms with Crippen molar-refractivity contribution < 1.29 is 9.59 Å². The molecule has 0 radical (unpaired) electrons. The minimum Gasteiger partial charge on any atom is -0.352 e. The molecule has 142 valence electrons. The third-order valence-corrected chi connectivity index (χ3v) is 6.43. The summed E-state index contributed by atoms with van der Waals surface area (Å²) >= 11 is 0. The van der Waals surface area contributed by atoms with Crippen molar-refractivity contribution >= 4 is 11.8 Å². The topological polar surface area (TPSA) is 58.2 Å². The Bertz CT molecular complexity index is 670. The van der Waals surface area contributed by atoms with Crippen molar-refractivity contribution in [3.05, 3.63) is 35.4 Å². The van der Waals surface area contributed by atoms with Crippen molar-refractivity contribution in [3.63, 3.8) is 0 Å². The normalized spacial score (nSPS) is 26.6. The summed E-state index contributed by atoms with van der Waals surface area (Å²) in [7, 11) is 0. The molecule has 2 aliphatic rings. The maximum absolute atomic E-state index is 12.9. The van der Waals surface area contributed by atoms with Crippen LogP contribution >= 0.6 is 0 Å². The van der Waals surface area contributed by atoms with Crippen LogP contribution < -0.4 is 10.6 Å². The molecule has 2 aliphatic carbocycles. The SMILES string of the molecule is Cc1ccccc1C(=O)NC(C(=O)NC(C)C1CC2CCC1C2)C(C)C. The summed E-state index contributed by atoms with van der Waals surface area (Å²) in [6, 6.07) is 7.14. The van der Waals surface area contributed by atoms with Gasteiger partial charge in [0.15, 0.2) is 0 Å². The molecule has 0 heterocycles. The number of carbonyl (C=O) groups is 2.